The molecule has 3 rings (SSSR count). The monoisotopic (exact) mass is 340 g/mol. The number of benzene rings is 2. The Morgan fingerprint density at radius 3 is 2.44 bits per heavy atom. The molecule has 0 bridgehead atoms. The highest BCUT2D eigenvalue weighted by Crippen LogP contribution is 2.30. The number of rotatable bonds is 5. The van der Waals surface area contributed by atoms with Gasteiger partial charge in [0.1, 0.15) is 11.5 Å². The highest BCUT2D eigenvalue weighted by atomic mass is 16.5. The highest BCUT2D eigenvalue weighted by molar-refractivity contribution is 5.78. The fourth-order valence-electron chi connectivity index (χ4n) is 3.00. The molecule has 0 unspecified atom stereocenters. The van der Waals surface area contributed by atoms with Crippen LogP contribution in [0.25, 0.3) is 0 Å². The van der Waals surface area contributed by atoms with Gasteiger partial charge in [-0.2, -0.15) is 0 Å². The number of methoxy groups -OCH3 is 1. The molecule has 0 atom stereocenters. The molecule has 1 saturated heterocycles. The zero-order valence-electron chi connectivity index (χ0n) is 14.8. The Labute approximate surface area is 148 Å². The van der Waals surface area contributed by atoms with Crippen molar-refractivity contribution in [2.24, 2.45) is 0 Å². The minimum Gasteiger partial charge on any atom is -0.495 e. The Kier molecular flexibility index (Phi) is 5.43. The normalized spacial score (nSPS) is 14.3. The maximum absolute atomic E-state index is 12.3. The number of ether oxygens (including phenoxy) is 2. The smallest absolute Gasteiger partial charge is 0.260 e. The number of anilines is 1. The minimum atomic E-state index is 0.0275. The molecule has 0 aliphatic carbocycles. The lowest BCUT2D eigenvalue weighted by Crippen LogP contribution is -2.50. The van der Waals surface area contributed by atoms with E-state index in [1.54, 1.807) is 7.11 Å². The fraction of sp³-hybridized carbons (Fsp3) is 0.350. The van der Waals surface area contributed by atoms with Crippen molar-refractivity contribution >= 4 is 11.6 Å². The van der Waals surface area contributed by atoms with Crippen LogP contribution in [-0.2, 0) is 4.79 Å². The van der Waals surface area contributed by atoms with Crippen molar-refractivity contribution in [3.8, 4) is 11.5 Å². The number of hydrogen-bond acceptors (Lipinski definition) is 4. The number of aryl methyl sites for hydroxylation is 1. The van der Waals surface area contributed by atoms with Crippen molar-refractivity contribution in [1.29, 1.82) is 0 Å². The van der Waals surface area contributed by atoms with Gasteiger partial charge in [0.2, 0.25) is 0 Å². The van der Waals surface area contributed by atoms with Crippen molar-refractivity contribution in [1.82, 2.24) is 4.90 Å². The predicted molar refractivity (Wildman–Crippen MR) is 98.5 cm³/mol. The molecule has 5 heteroatoms. The average molecular weight is 340 g/mol. The Morgan fingerprint density at radius 1 is 1.04 bits per heavy atom. The first-order chi connectivity index (χ1) is 12.2. The van der Waals surface area contributed by atoms with E-state index in [0.717, 1.165) is 30.3 Å². The first-order valence-electron chi connectivity index (χ1n) is 8.52. The van der Waals surface area contributed by atoms with Crippen molar-refractivity contribution in [2.75, 3.05) is 44.8 Å². The van der Waals surface area contributed by atoms with E-state index in [-0.39, 0.29) is 12.5 Å². The number of amides is 1. The van der Waals surface area contributed by atoms with E-state index in [1.807, 2.05) is 47.4 Å². The number of para-hydroxylation sites is 1. The molecule has 0 radical (unpaired) electrons. The molecule has 25 heavy (non-hydrogen) atoms. The molecular formula is C20H24N2O3. The third kappa shape index (κ3) is 4.24. The van der Waals surface area contributed by atoms with Crippen molar-refractivity contribution in [3.63, 3.8) is 0 Å². The van der Waals surface area contributed by atoms with E-state index in [0.29, 0.717) is 13.1 Å². The Hall–Kier alpha value is -2.69. The van der Waals surface area contributed by atoms with Crippen LogP contribution in [0.5, 0.6) is 11.5 Å². The van der Waals surface area contributed by atoms with Gasteiger partial charge >= 0.3 is 0 Å². The molecule has 5 nitrogen and oxygen atoms in total. The Morgan fingerprint density at radius 2 is 1.76 bits per heavy atom. The van der Waals surface area contributed by atoms with Gasteiger partial charge in [0, 0.05) is 26.2 Å². The van der Waals surface area contributed by atoms with Gasteiger partial charge in [0.25, 0.3) is 5.91 Å². The molecule has 0 saturated carbocycles. The van der Waals surface area contributed by atoms with Gasteiger partial charge in [-0.15, -0.1) is 0 Å². The van der Waals surface area contributed by atoms with Crippen LogP contribution in [-0.4, -0.2) is 50.7 Å². The first-order valence-corrected chi connectivity index (χ1v) is 8.52. The SMILES string of the molecule is COc1ccc(C)cc1N1CCN(C(=O)COc2ccccc2)CC1. The minimum absolute atomic E-state index is 0.0275. The van der Waals surface area contributed by atoms with E-state index in [9.17, 15) is 4.79 Å². The summed E-state index contributed by atoms with van der Waals surface area (Å²) in [4.78, 5) is 16.5. The lowest BCUT2D eigenvalue weighted by atomic mass is 10.1. The molecule has 2 aromatic rings. The number of piperazine rings is 1. The highest BCUT2D eigenvalue weighted by Gasteiger charge is 2.23. The Balaban J connectivity index is 1.55. The lowest BCUT2D eigenvalue weighted by molar-refractivity contribution is -0.133. The number of hydrogen-bond donors (Lipinski definition) is 0. The van der Waals surface area contributed by atoms with Crippen LogP contribution < -0.4 is 14.4 Å². The average Bonchev–Trinajstić information content (AvgIpc) is 2.67. The molecular weight excluding hydrogens is 316 g/mol. The van der Waals surface area contributed by atoms with Gasteiger partial charge in [-0.1, -0.05) is 24.3 Å². The van der Waals surface area contributed by atoms with E-state index >= 15 is 0 Å². The van der Waals surface area contributed by atoms with E-state index < -0.39 is 0 Å². The first kappa shape index (κ1) is 17.1. The summed E-state index contributed by atoms with van der Waals surface area (Å²) in [7, 11) is 1.69. The second-order valence-corrected chi connectivity index (χ2v) is 6.14. The largest absolute Gasteiger partial charge is 0.495 e. The van der Waals surface area contributed by atoms with E-state index in [4.69, 9.17) is 9.47 Å². The second kappa shape index (κ2) is 7.92. The quantitative estimate of drug-likeness (QED) is 0.839. The number of nitrogens with zero attached hydrogens (tertiary/aromatic N) is 2. The van der Waals surface area contributed by atoms with Crippen molar-refractivity contribution < 1.29 is 14.3 Å². The van der Waals surface area contributed by atoms with Crippen LogP contribution in [0.15, 0.2) is 48.5 Å². The van der Waals surface area contributed by atoms with Crippen LogP contribution in [0, 0.1) is 6.92 Å². The predicted octanol–water partition coefficient (Wildman–Crippen LogP) is 2.73. The van der Waals surface area contributed by atoms with E-state index in [1.165, 1.54) is 5.56 Å². The maximum atomic E-state index is 12.3. The maximum Gasteiger partial charge on any atom is 0.260 e. The Bertz CT molecular complexity index is 710. The summed E-state index contributed by atoms with van der Waals surface area (Å²) in [6.45, 7) is 5.11. The summed E-state index contributed by atoms with van der Waals surface area (Å²) in [6, 6.07) is 15.6. The van der Waals surface area contributed by atoms with Gasteiger partial charge < -0.3 is 19.3 Å². The number of carbonyl (C=O) groups is 1. The topological polar surface area (TPSA) is 42.0 Å². The number of carbonyl (C=O) groups excluding carboxylic acids is 1. The van der Waals surface area contributed by atoms with Gasteiger partial charge in [0.05, 0.1) is 12.8 Å². The summed E-state index contributed by atoms with van der Waals surface area (Å²) in [6.07, 6.45) is 0. The lowest BCUT2D eigenvalue weighted by Gasteiger charge is -2.36. The molecule has 1 amide bonds. The molecule has 1 aliphatic rings. The fourth-order valence-corrected chi connectivity index (χ4v) is 3.00. The summed E-state index contributed by atoms with van der Waals surface area (Å²) in [5.41, 5.74) is 2.29. The van der Waals surface area contributed by atoms with E-state index in [2.05, 4.69) is 17.9 Å². The molecule has 1 fully saturated rings. The van der Waals surface area contributed by atoms with Crippen molar-refractivity contribution in [3.05, 3.63) is 54.1 Å². The summed E-state index contributed by atoms with van der Waals surface area (Å²) < 4.78 is 11.0. The van der Waals surface area contributed by atoms with Gasteiger partial charge in [0.15, 0.2) is 6.61 Å². The van der Waals surface area contributed by atoms with Crippen LogP contribution >= 0.6 is 0 Å². The standard InChI is InChI=1S/C20H24N2O3/c1-16-8-9-19(24-2)18(14-16)21-10-12-22(13-11-21)20(23)15-25-17-6-4-3-5-7-17/h3-9,14H,10-13,15H2,1-2H3. The molecule has 2 aromatic carbocycles. The van der Waals surface area contributed by atoms with Gasteiger partial charge in [-0.3, -0.25) is 4.79 Å². The van der Waals surface area contributed by atoms with Crippen molar-refractivity contribution in [2.45, 2.75) is 6.92 Å². The molecule has 1 aliphatic heterocycles. The van der Waals surface area contributed by atoms with Crippen LogP contribution in [0.4, 0.5) is 5.69 Å². The third-order valence-corrected chi connectivity index (χ3v) is 4.41. The molecule has 0 N–H and O–H groups in total. The third-order valence-electron chi connectivity index (χ3n) is 4.41. The van der Waals surface area contributed by atoms with Gasteiger partial charge in [-0.25, -0.2) is 0 Å². The second-order valence-electron chi connectivity index (χ2n) is 6.14. The molecule has 132 valence electrons. The summed E-state index contributed by atoms with van der Waals surface area (Å²) in [5.74, 6) is 1.62. The van der Waals surface area contributed by atoms with Crippen LogP contribution in [0.2, 0.25) is 0 Å². The van der Waals surface area contributed by atoms with Crippen LogP contribution in [0.1, 0.15) is 5.56 Å². The zero-order chi connectivity index (χ0) is 17.6. The molecule has 0 spiro atoms. The summed E-state index contributed by atoms with van der Waals surface area (Å²) in [5, 5.41) is 0. The summed E-state index contributed by atoms with van der Waals surface area (Å²) >= 11 is 0. The van der Waals surface area contributed by atoms with Gasteiger partial charge in [-0.05, 0) is 36.8 Å². The molecule has 1 heterocycles. The van der Waals surface area contributed by atoms with Crippen LogP contribution in [0.3, 0.4) is 0 Å². The molecule has 0 aromatic heterocycles. The zero-order valence-corrected chi connectivity index (χ0v) is 14.8.